The zero-order valence-electron chi connectivity index (χ0n) is 16.5. The van der Waals surface area contributed by atoms with Gasteiger partial charge in [-0.1, -0.05) is 43.7 Å². The van der Waals surface area contributed by atoms with Gasteiger partial charge in [0.05, 0.1) is 12.0 Å². The first-order chi connectivity index (χ1) is 14.0. The van der Waals surface area contributed by atoms with E-state index in [1.165, 1.54) is 11.3 Å². The molecule has 1 heterocycles. The van der Waals surface area contributed by atoms with E-state index in [-0.39, 0.29) is 24.7 Å². The van der Waals surface area contributed by atoms with E-state index in [9.17, 15) is 14.4 Å². The second-order valence-electron chi connectivity index (χ2n) is 7.34. The van der Waals surface area contributed by atoms with Gasteiger partial charge in [-0.05, 0) is 36.3 Å². The summed E-state index contributed by atoms with van der Waals surface area (Å²) in [5.74, 6) is -1.00. The quantitative estimate of drug-likeness (QED) is 0.608. The number of anilines is 1. The largest absolute Gasteiger partial charge is 0.481 e. The number of carboxylic acids is 1. The highest BCUT2D eigenvalue weighted by molar-refractivity contribution is 7.17. The maximum atomic E-state index is 13.0. The summed E-state index contributed by atoms with van der Waals surface area (Å²) in [5, 5.41) is 15.1. The number of aliphatic carboxylic acids is 1. The molecule has 0 spiro atoms. The third-order valence-corrected chi connectivity index (χ3v) is 6.46. The number of benzene rings is 1. The molecule has 0 unspecified atom stereocenters. The Balaban J connectivity index is 1.80. The molecule has 2 aromatic rings. The highest BCUT2D eigenvalue weighted by Crippen LogP contribution is 2.40. The van der Waals surface area contributed by atoms with Crippen molar-refractivity contribution >= 4 is 34.1 Å². The molecule has 29 heavy (non-hydrogen) atoms. The van der Waals surface area contributed by atoms with Crippen LogP contribution in [0.5, 0.6) is 0 Å². The van der Waals surface area contributed by atoms with Crippen LogP contribution in [0.15, 0.2) is 30.3 Å². The number of amides is 2. The number of rotatable bonds is 8. The number of carboxylic acid groups (broad SMARTS) is 1. The smallest absolute Gasteiger partial charge is 0.303 e. The predicted molar refractivity (Wildman–Crippen MR) is 113 cm³/mol. The van der Waals surface area contributed by atoms with Gasteiger partial charge < -0.3 is 15.7 Å². The Labute approximate surface area is 174 Å². The van der Waals surface area contributed by atoms with E-state index in [1.54, 1.807) is 0 Å². The standard InChI is InChI=1S/C22H26N2O4S/c1-2-14-8-9-16-17(12-14)29-22(24-18(25)10-11-19(26)27)20(16)21(28)23-13-15-6-4-3-5-7-15/h3-7,14H,2,8-13H2,1H3,(H,23,28)(H,24,25)(H,26,27)/t14-/m0/s1. The van der Waals surface area contributed by atoms with E-state index in [4.69, 9.17) is 5.11 Å². The van der Waals surface area contributed by atoms with Gasteiger partial charge in [-0.2, -0.15) is 0 Å². The molecule has 0 radical (unpaired) electrons. The topological polar surface area (TPSA) is 95.5 Å². The number of hydrogen-bond acceptors (Lipinski definition) is 4. The van der Waals surface area contributed by atoms with Crippen molar-refractivity contribution in [1.29, 1.82) is 0 Å². The minimum absolute atomic E-state index is 0.111. The van der Waals surface area contributed by atoms with Crippen molar-refractivity contribution in [3.63, 3.8) is 0 Å². The van der Waals surface area contributed by atoms with Crippen molar-refractivity contribution in [2.45, 2.75) is 52.0 Å². The van der Waals surface area contributed by atoms with Crippen LogP contribution in [-0.4, -0.2) is 22.9 Å². The summed E-state index contributed by atoms with van der Waals surface area (Å²) in [5.41, 5.74) is 2.57. The minimum Gasteiger partial charge on any atom is -0.481 e. The van der Waals surface area contributed by atoms with E-state index in [1.807, 2.05) is 30.3 Å². The van der Waals surface area contributed by atoms with Crippen molar-refractivity contribution in [1.82, 2.24) is 5.32 Å². The normalized spacial score (nSPS) is 15.4. The minimum atomic E-state index is -1.02. The lowest BCUT2D eigenvalue weighted by atomic mass is 9.85. The molecule has 3 N–H and O–H groups in total. The first-order valence-electron chi connectivity index (χ1n) is 9.96. The van der Waals surface area contributed by atoms with Crippen LogP contribution in [0, 0.1) is 5.92 Å². The monoisotopic (exact) mass is 414 g/mol. The molecule has 1 aliphatic rings. The van der Waals surface area contributed by atoms with E-state index < -0.39 is 5.97 Å². The summed E-state index contributed by atoms with van der Waals surface area (Å²) < 4.78 is 0. The SMILES string of the molecule is CC[C@H]1CCc2c(sc(NC(=O)CCC(=O)O)c2C(=O)NCc2ccccc2)C1. The van der Waals surface area contributed by atoms with Crippen molar-refractivity contribution < 1.29 is 19.5 Å². The van der Waals surface area contributed by atoms with Crippen molar-refractivity contribution in [2.75, 3.05) is 5.32 Å². The Morgan fingerprint density at radius 1 is 1.17 bits per heavy atom. The molecule has 6 nitrogen and oxygen atoms in total. The Morgan fingerprint density at radius 2 is 1.93 bits per heavy atom. The van der Waals surface area contributed by atoms with Gasteiger partial charge in [-0.3, -0.25) is 14.4 Å². The molecule has 7 heteroatoms. The van der Waals surface area contributed by atoms with Crippen LogP contribution >= 0.6 is 11.3 Å². The zero-order valence-corrected chi connectivity index (χ0v) is 17.3. The van der Waals surface area contributed by atoms with Gasteiger partial charge in [0.1, 0.15) is 5.00 Å². The number of carbonyl (C=O) groups excluding carboxylic acids is 2. The summed E-state index contributed by atoms with van der Waals surface area (Å²) in [4.78, 5) is 37.1. The highest BCUT2D eigenvalue weighted by Gasteiger charge is 2.29. The molecule has 1 aromatic carbocycles. The molecule has 3 rings (SSSR count). The molecule has 1 atom stereocenters. The molecule has 2 amide bonds. The number of carbonyl (C=O) groups is 3. The van der Waals surface area contributed by atoms with E-state index >= 15 is 0 Å². The first-order valence-corrected chi connectivity index (χ1v) is 10.8. The Morgan fingerprint density at radius 3 is 2.62 bits per heavy atom. The molecule has 0 bridgehead atoms. The van der Waals surface area contributed by atoms with Gasteiger partial charge >= 0.3 is 5.97 Å². The van der Waals surface area contributed by atoms with Crippen molar-refractivity contribution in [3.8, 4) is 0 Å². The van der Waals surface area contributed by atoms with Crippen LogP contribution in [0.4, 0.5) is 5.00 Å². The summed E-state index contributed by atoms with van der Waals surface area (Å²) >= 11 is 1.45. The Hall–Kier alpha value is -2.67. The van der Waals surface area contributed by atoms with E-state index in [2.05, 4.69) is 17.6 Å². The molecule has 1 aromatic heterocycles. The Kier molecular flexibility index (Phi) is 7.04. The second-order valence-corrected chi connectivity index (χ2v) is 8.44. The van der Waals surface area contributed by atoms with Gasteiger partial charge in [-0.25, -0.2) is 0 Å². The van der Waals surface area contributed by atoms with E-state index in [0.717, 1.165) is 41.7 Å². The number of nitrogens with one attached hydrogen (secondary N) is 2. The van der Waals surface area contributed by atoms with Crippen LogP contribution in [0.2, 0.25) is 0 Å². The zero-order chi connectivity index (χ0) is 20.8. The lowest BCUT2D eigenvalue weighted by molar-refractivity contribution is -0.138. The second kappa shape index (κ2) is 9.69. The summed E-state index contributed by atoms with van der Waals surface area (Å²) in [6.45, 7) is 2.58. The van der Waals surface area contributed by atoms with Crippen molar-refractivity contribution in [3.05, 3.63) is 51.9 Å². The third-order valence-electron chi connectivity index (χ3n) is 5.29. The molecule has 0 fully saturated rings. The molecule has 0 aliphatic heterocycles. The summed E-state index contributed by atoms with van der Waals surface area (Å²) in [6.07, 6.45) is 3.52. The lowest BCUT2D eigenvalue weighted by Crippen LogP contribution is -2.26. The van der Waals surface area contributed by atoms with Crippen LogP contribution in [0.1, 0.15) is 59.0 Å². The predicted octanol–water partition coefficient (Wildman–Crippen LogP) is 4.00. The van der Waals surface area contributed by atoms with Crippen LogP contribution in [-0.2, 0) is 29.0 Å². The Bertz CT molecular complexity index is 892. The van der Waals surface area contributed by atoms with E-state index in [0.29, 0.717) is 23.0 Å². The van der Waals surface area contributed by atoms with Gasteiger partial charge in [0.15, 0.2) is 0 Å². The van der Waals surface area contributed by atoms with Gasteiger partial charge in [-0.15, -0.1) is 11.3 Å². The third kappa shape index (κ3) is 5.44. The van der Waals surface area contributed by atoms with Gasteiger partial charge in [0, 0.05) is 17.8 Å². The highest BCUT2D eigenvalue weighted by atomic mass is 32.1. The fourth-order valence-corrected chi connectivity index (χ4v) is 4.98. The molecule has 0 saturated carbocycles. The molecule has 1 aliphatic carbocycles. The average Bonchev–Trinajstić information content (AvgIpc) is 3.08. The maximum absolute atomic E-state index is 13.0. The summed E-state index contributed by atoms with van der Waals surface area (Å²) in [6, 6.07) is 9.67. The van der Waals surface area contributed by atoms with Gasteiger partial charge in [0.2, 0.25) is 5.91 Å². The fourth-order valence-electron chi connectivity index (χ4n) is 3.61. The molecule has 0 saturated heterocycles. The fraction of sp³-hybridized carbons (Fsp3) is 0.409. The van der Waals surface area contributed by atoms with Crippen LogP contribution in [0.3, 0.4) is 0 Å². The number of fused-ring (bicyclic) bond motifs is 1. The number of hydrogen-bond donors (Lipinski definition) is 3. The summed E-state index contributed by atoms with van der Waals surface area (Å²) in [7, 11) is 0. The molecular formula is C22H26N2O4S. The maximum Gasteiger partial charge on any atom is 0.303 e. The molecular weight excluding hydrogens is 388 g/mol. The lowest BCUT2D eigenvalue weighted by Gasteiger charge is -2.21. The van der Waals surface area contributed by atoms with Crippen molar-refractivity contribution in [2.24, 2.45) is 5.92 Å². The average molecular weight is 415 g/mol. The number of thiophene rings is 1. The van der Waals surface area contributed by atoms with Crippen LogP contribution < -0.4 is 10.6 Å². The first kappa shape index (κ1) is 21.0. The van der Waals surface area contributed by atoms with Gasteiger partial charge in [0.25, 0.3) is 5.91 Å². The van der Waals surface area contributed by atoms with Crippen LogP contribution in [0.25, 0.3) is 0 Å². The molecule has 154 valence electrons.